The molecule has 0 saturated carbocycles. The van der Waals surface area contributed by atoms with Crippen molar-refractivity contribution in [2.45, 2.75) is 32.2 Å². The molecule has 132 valence electrons. The molecular weight excluding hydrogens is 336 g/mol. The van der Waals surface area contributed by atoms with Crippen molar-refractivity contribution < 1.29 is 13.7 Å². The number of aromatic nitrogens is 1. The number of benzene rings is 1. The Morgan fingerprint density at radius 2 is 1.96 bits per heavy atom. The van der Waals surface area contributed by atoms with Crippen LogP contribution >= 0.6 is 0 Å². The van der Waals surface area contributed by atoms with Crippen LogP contribution in [0.25, 0.3) is 0 Å². The van der Waals surface area contributed by atoms with Gasteiger partial charge in [-0.15, -0.1) is 0 Å². The van der Waals surface area contributed by atoms with Crippen LogP contribution in [0.15, 0.2) is 42.6 Å². The van der Waals surface area contributed by atoms with Crippen molar-refractivity contribution in [3.63, 3.8) is 0 Å². The molecule has 1 aliphatic rings. The van der Waals surface area contributed by atoms with Crippen LogP contribution in [-0.4, -0.2) is 32.8 Å². The van der Waals surface area contributed by atoms with Crippen LogP contribution in [0.4, 0.5) is 0 Å². The van der Waals surface area contributed by atoms with Gasteiger partial charge in [-0.3, -0.25) is 15.1 Å². The smallest absolute Gasteiger partial charge is 0.237 e. The van der Waals surface area contributed by atoms with Gasteiger partial charge in [0.25, 0.3) is 0 Å². The Morgan fingerprint density at radius 1 is 1.20 bits per heavy atom. The molecule has 25 heavy (non-hydrogen) atoms. The molecule has 1 N–H and O–H groups in total. The Hall–Kier alpha value is -2.05. The molecule has 0 radical (unpaired) electrons. The first kappa shape index (κ1) is 17.8. The van der Waals surface area contributed by atoms with E-state index in [9.17, 15) is 9.00 Å². The van der Waals surface area contributed by atoms with Gasteiger partial charge in [0.05, 0.1) is 18.5 Å². The Bertz CT molecular complexity index is 744. The van der Waals surface area contributed by atoms with Crippen molar-refractivity contribution >= 4 is 15.9 Å². The lowest BCUT2D eigenvalue weighted by Crippen LogP contribution is -2.29. The lowest BCUT2D eigenvalue weighted by molar-refractivity contribution is -0.112. The molecule has 2 aromatic rings. The van der Waals surface area contributed by atoms with Gasteiger partial charge in [-0.1, -0.05) is 25.1 Å². The Morgan fingerprint density at radius 3 is 2.56 bits per heavy atom. The number of aryl methyl sites for hydroxylation is 1. The average Bonchev–Trinajstić information content (AvgIpc) is 2.96. The molecule has 1 aromatic carbocycles. The summed E-state index contributed by atoms with van der Waals surface area (Å²) in [6.07, 6.45) is 4.22. The highest BCUT2D eigenvalue weighted by Crippen LogP contribution is 2.16. The minimum absolute atomic E-state index is 0.207. The van der Waals surface area contributed by atoms with Gasteiger partial charge in [0.1, 0.15) is 16.5 Å². The molecule has 6 heteroatoms. The predicted molar refractivity (Wildman–Crippen MR) is 97.9 cm³/mol. The second-order valence-corrected chi connectivity index (χ2v) is 7.41. The number of nitrogens with one attached hydrogen (secondary N) is 1. The third-order valence-electron chi connectivity index (χ3n) is 4.25. The van der Waals surface area contributed by atoms with Gasteiger partial charge < -0.3 is 4.74 Å². The summed E-state index contributed by atoms with van der Waals surface area (Å²) >= 11 is 0. The maximum atomic E-state index is 11.7. The van der Waals surface area contributed by atoms with E-state index in [1.807, 2.05) is 36.5 Å². The number of ether oxygens (including phenoxy) is 1. The van der Waals surface area contributed by atoms with E-state index in [4.69, 9.17) is 4.74 Å². The fourth-order valence-electron chi connectivity index (χ4n) is 2.69. The van der Waals surface area contributed by atoms with Gasteiger partial charge in [0, 0.05) is 18.3 Å². The summed E-state index contributed by atoms with van der Waals surface area (Å²) in [4.78, 5) is 16.1. The lowest BCUT2D eigenvalue weighted by Gasteiger charge is -2.10. The zero-order valence-corrected chi connectivity index (χ0v) is 15.1. The van der Waals surface area contributed by atoms with Crippen LogP contribution in [-0.2, 0) is 34.9 Å². The monoisotopic (exact) mass is 358 g/mol. The molecule has 1 aromatic heterocycles. The maximum Gasteiger partial charge on any atom is 0.237 e. The van der Waals surface area contributed by atoms with Crippen LogP contribution in [0.1, 0.15) is 23.7 Å². The molecule has 0 aliphatic carbocycles. The molecule has 3 rings (SSSR count). The van der Waals surface area contributed by atoms with Crippen LogP contribution in [0.5, 0.6) is 5.75 Å². The topological polar surface area (TPSA) is 68.3 Å². The zero-order chi connectivity index (χ0) is 17.6. The highest BCUT2D eigenvalue weighted by Gasteiger charge is 2.30. The van der Waals surface area contributed by atoms with E-state index in [-0.39, 0.29) is 17.0 Å². The van der Waals surface area contributed by atoms with E-state index in [1.165, 1.54) is 5.56 Å². The third kappa shape index (κ3) is 4.74. The SMILES string of the molecule is CCc1ccc(CCOc2ccc(CC3NCS(=O)C3=O)cc2)nc1. The predicted octanol–water partition coefficient (Wildman–Crippen LogP) is 2.01. The number of carbonyl (C=O) groups is 1. The van der Waals surface area contributed by atoms with Crippen LogP contribution in [0, 0.1) is 0 Å². The molecule has 0 bridgehead atoms. The van der Waals surface area contributed by atoms with Crippen molar-refractivity contribution in [1.29, 1.82) is 0 Å². The molecule has 2 heterocycles. The highest BCUT2D eigenvalue weighted by molar-refractivity contribution is 8.00. The number of hydrogen-bond acceptors (Lipinski definition) is 5. The molecule has 2 unspecified atom stereocenters. The Kier molecular flexibility index (Phi) is 5.94. The largest absolute Gasteiger partial charge is 0.493 e. The molecular formula is C19H22N2O3S. The molecule has 0 spiro atoms. The van der Waals surface area contributed by atoms with E-state index in [0.29, 0.717) is 13.0 Å². The van der Waals surface area contributed by atoms with Gasteiger partial charge >= 0.3 is 0 Å². The summed E-state index contributed by atoms with van der Waals surface area (Å²) < 4.78 is 17.1. The van der Waals surface area contributed by atoms with Crippen LogP contribution in [0.2, 0.25) is 0 Å². The molecule has 1 saturated heterocycles. The lowest BCUT2D eigenvalue weighted by atomic mass is 10.1. The quantitative estimate of drug-likeness (QED) is 0.820. The number of hydrogen-bond donors (Lipinski definition) is 1. The molecule has 5 nitrogen and oxygen atoms in total. The van der Waals surface area contributed by atoms with E-state index in [0.717, 1.165) is 29.8 Å². The minimum Gasteiger partial charge on any atom is -0.493 e. The highest BCUT2D eigenvalue weighted by atomic mass is 32.2. The van der Waals surface area contributed by atoms with Gasteiger partial charge in [0.15, 0.2) is 0 Å². The fourth-order valence-corrected chi connectivity index (χ4v) is 3.67. The summed E-state index contributed by atoms with van der Waals surface area (Å²) in [5.41, 5.74) is 3.28. The van der Waals surface area contributed by atoms with E-state index < -0.39 is 10.8 Å². The van der Waals surface area contributed by atoms with Crippen molar-refractivity contribution in [3.05, 3.63) is 59.4 Å². The summed E-state index contributed by atoms with van der Waals surface area (Å²) in [6.45, 7) is 2.68. The number of rotatable bonds is 7. The van der Waals surface area contributed by atoms with Gasteiger partial charge in [-0.05, 0) is 42.2 Å². The Labute approximate surface area is 150 Å². The van der Waals surface area contributed by atoms with Crippen molar-refractivity contribution in [3.8, 4) is 5.75 Å². The molecule has 2 atom stereocenters. The standard InChI is InChI=1S/C19H22N2O3S/c1-2-14-3-6-16(20-12-14)9-10-24-17-7-4-15(5-8-17)11-18-19(22)25(23)13-21-18/h3-8,12,18,21H,2,9-11,13H2,1H3. The first-order chi connectivity index (χ1) is 12.2. The van der Waals surface area contributed by atoms with Crippen molar-refractivity contribution in [2.75, 3.05) is 12.5 Å². The normalized spacial score (nSPS) is 20.0. The van der Waals surface area contributed by atoms with Crippen LogP contribution < -0.4 is 10.1 Å². The van der Waals surface area contributed by atoms with E-state index >= 15 is 0 Å². The van der Waals surface area contributed by atoms with E-state index in [1.54, 1.807) is 0 Å². The van der Waals surface area contributed by atoms with Crippen molar-refractivity contribution in [2.24, 2.45) is 0 Å². The fraction of sp³-hybridized carbons (Fsp3) is 0.368. The summed E-state index contributed by atoms with van der Waals surface area (Å²) in [7, 11) is -1.38. The Balaban J connectivity index is 1.47. The average molecular weight is 358 g/mol. The first-order valence-corrected chi connectivity index (χ1v) is 9.78. The summed E-state index contributed by atoms with van der Waals surface area (Å²) in [5, 5.41) is 2.79. The van der Waals surface area contributed by atoms with Gasteiger partial charge in [-0.25, -0.2) is 4.21 Å². The van der Waals surface area contributed by atoms with Crippen molar-refractivity contribution in [1.82, 2.24) is 10.3 Å². The molecule has 1 fully saturated rings. The first-order valence-electron chi connectivity index (χ1n) is 8.47. The summed E-state index contributed by atoms with van der Waals surface area (Å²) in [5.74, 6) is 1.06. The van der Waals surface area contributed by atoms with Gasteiger partial charge in [0.2, 0.25) is 5.12 Å². The van der Waals surface area contributed by atoms with Gasteiger partial charge in [-0.2, -0.15) is 0 Å². The third-order valence-corrected chi connectivity index (χ3v) is 5.42. The molecule has 1 aliphatic heterocycles. The van der Waals surface area contributed by atoms with E-state index in [2.05, 4.69) is 23.3 Å². The number of carbonyl (C=O) groups excluding carboxylic acids is 1. The second kappa shape index (κ2) is 8.36. The van der Waals surface area contributed by atoms with Crippen LogP contribution in [0.3, 0.4) is 0 Å². The zero-order valence-electron chi connectivity index (χ0n) is 14.2. The second-order valence-electron chi connectivity index (χ2n) is 6.02. The maximum absolute atomic E-state index is 11.7. The summed E-state index contributed by atoms with van der Waals surface area (Å²) in [6, 6.07) is 11.5. The minimum atomic E-state index is -1.38. The number of pyridine rings is 1. The number of nitrogens with zero attached hydrogens (tertiary/aromatic N) is 1. The molecule has 0 amide bonds.